The molecule has 0 rings (SSSR count). The summed E-state index contributed by atoms with van der Waals surface area (Å²) in [5.41, 5.74) is 5.34. The number of rotatable bonds is 39. The normalized spacial score (nSPS) is 13.6. The second-order valence-electron chi connectivity index (χ2n) is 13.8. The molecule has 300 valence electrons. The van der Waals surface area contributed by atoms with Crippen LogP contribution in [0.25, 0.3) is 0 Å². The highest BCUT2D eigenvalue weighted by atomic mass is 31.2. The largest absolute Gasteiger partial charge is 0.472 e. The maximum Gasteiger partial charge on any atom is 0.472 e. The third-order valence-electron chi connectivity index (χ3n) is 8.81. The highest BCUT2D eigenvalue weighted by molar-refractivity contribution is 7.47. The molecule has 0 bridgehead atoms. The molecule has 0 saturated heterocycles. The number of hydrogen-bond acceptors (Lipinski definition) is 8. The molecule has 0 amide bonds. The summed E-state index contributed by atoms with van der Waals surface area (Å²) in [6.45, 7) is 3.71. The minimum atomic E-state index is -4.37. The molecule has 2 atom stereocenters. The van der Waals surface area contributed by atoms with Gasteiger partial charge in [-0.2, -0.15) is 0 Å². The topological polar surface area (TPSA) is 134 Å². The molecule has 51 heavy (non-hydrogen) atoms. The molecule has 3 N–H and O–H groups in total. The molecule has 1 unspecified atom stereocenters. The van der Waals surface area contributed by atoms with Crippen LogP contribution in [-0.4, -0.2) is 49.3 Å². The van der Waals surface area contributed by atoms with E-state index in [0.717, 1.165) is 70.6 Å². The summed E-state index contributed by atoms with van der Waals surface area (Å²) in [4.78, 5) is 34.8. The van der Waals surface area contributed by atoms with Crippen molar-refractivity contribution < 1.29 is 37.6 Å². The molecule has 0 aliphatic rings. The fourth-order valence-electron chi connectivity index (χ4n) is 5.68. The molecular weight excluding hydrogens is 665 g/mol. The predicted octanol–water partition coefficient (Wildman–Crippen LogP) is 11.6. The van der Waals surface area contributed by atoms with Crippen LogP contribution in [0.1, 0.15) is 194 Å². The van der Waals surface area contributed by atoms with Crippen molar-refractivity contribution in [1.82, 2.24) is 0 Å². The van der Waals surface area contributed by atoms with Gasteiger partial charge in [-0.05, 0) is 64.2 Å². The van der Waals surface area contributed by atoms with E-state index in [1.165, 1.54) is 89.9 Å². The summed E-state index contributed by atoms with van der Waals surface area (Å²) in [5.74, 6) is -0.845. The van der Waals surface area contributed by atoms with Gasteiger partial charge in [-0.15, -0.1) is 0 Å². The highest BCUT2D eigenvalue weighted by Crippen LogP contribution is 2.43. The predicted molar refractivity (Wildman–Crippen MR) is 211 cm³/mol. The smallest absolute Gasteiger partial charge is 0.462 e. The molecule has 9 nitrogen and oxygen atoms in total. The standard InChI is InChI=1S/C41H78NO8P/c1-3-5-7-9-11-13-15-17-19-21-23-25-27-29-31-33-40(43)47-37-39(38-49-51(45,46)48-36-35-42)50-41(44)34-32-30-28-26-24-22-20-18-16-14-12-10-8-6-4-2/h17-20,39H,3-16,21-38,42H2,1-2H3,(H,45,46)/b19-17+,20-18-/t39-/m1/s1. The van der Waals surface area contributed by atoms with Crippen molar-refractivity contribution in [2.45, 2.75) is 200 Å². The summed E-state index contributed by atoms with van der Waals surface area (Å²) in [6.07, 6.45) is 39.2. The monoisotopic (exact) mass is 744 g/mol. The summed E-state index contributed by atoms with van der Waals surface area (Å²) in [7, 11) is -4.37. The summed E-state index contributed by atoms with van der Waals surface area (Å²) < 4.78 is 32.7. The summed E-state index contributed by atoms with van der Waals surface area (Å²) in [6, 6.07) is 0. The average molecular weight is 744 g/mol. The van der Waals surface area contributed by atoms with Gasteiger partial charge in [0.25, 0.3) is 0 Å². The summed E-state index contributed by atoms with van der Waals surface area (Å²) >= 11 is 0. The van der Waals surface area contributed by atoms with Crippen LogP contribution in [0.15, 0.2) is 24.3 Å². The molecule has 0 heterocycles. The molecule has 0 aromatic rings. The average Bonchev–Trinajstić information content (AvgIpc) is 3.11. The Balaban J connectivity index is 4.20. The Kier molecular flexibility index (Phi) is 37.1. The van der Waals surface area contributed by atoms with Crippen LogP contribution in [0.3, 0.4) is 0 Å². The van der Waals surface area contributed by atoms with Crippen molar-refractivity contribution >= 4 is 19.8 Å². The van der Waals surface area contributed by atoms with Gasteiger partial charge in [0.05, 0.1) is 13.2 Å². The van der Waals surface area contributed by atoms with E-state index in [9.17, 15) is 19.0 Å². The minimum absolute atomic E-state index is 0.0518. The van der Waals surface area contributed by atoms with Crippen LogP contribution < -0.4 is 5.73 Å². The molecule has 10 heteroatoms. The van der Waals surface area contributed by atoms with Gasteiger partial charge in [0.15, 0.2) is 6.10 Å². The fraction of sp³-hybridized carbons (Fsp3) is 0.854. The van der Waals surface area contributed by atoms with Crippen molar-refractivity contribution in [2.75, 3.05) is 26.4 Å². The Morgan fingerprint density at radius 1 is 0.569 bits per heavy atom. The zero-order valence-corrected chi connectivity index (χ0v) is 33.7. The lowest BCUT2D eigenvalue weighted by atomic mass is 10.1. The van der Waals surface area contributed by atoms with Crippen molar-refractivity contribution in [3.05, 3.63) is 24.3 Å². The molecule has 0 spiro atoms. The Bertz CT molecular complexity index is 897. The van der Waals surface area contributed by atoms with Gasteiger partial charge in [0.2, 0.25) is 0 Å². The van der Waals surface area contributed by atoms with Crippen molar-refractivity contribution in [3.8, 4) is 0 Å². The first kappa shape index (κ1) is 49.5. The highest BCUT2D eigenvalue weighted by Gasteiger charge is 2.26. The van der Waals surface area contributed by atoms with Crippen LogP contribution in [0.2, 0.25) is 0 Å². The van der Waals surface area contributed by atoms with E-state index in [4.69, 9.17) is 24.3 Å². The molecule has 0 saturated carbocycles. The van der Waals surface area contributed by atoms with Gasteiger partial charge in [-0.25, -0.2) is 4.57 Å². The number of carbonyl (C=O) groups excluding carboxylic acids is 2. The van der Waals surface area contributed by atoms with Crippen molar-refractivity contribution in [3.63, 3.8) is 0 Å². The Hall–Kier alpha value is -1.51. The molecule has 0 aromatic carbocycles. The zero-order valence-electron chi connectivity index (χ0n) is 32.8. The minimum Gasteiger partial charge on any atom is -0.462 e. The number of phosphoric ester groups is 1. The fourth-order valence-corrected chi connectivity index (χ4v) is 6.45. The second-order valence-corrected chi connectivity index (χ2v) is 15.3. The van der Waals surface area contributed by atoms with Gasteiger partial charge >= 0.3 is 19.8 Å². The Morgan fingerprint density at radius 3 is 1.39 bits per heavy atom. The lowest BCUT2D eigenvalue weighted by Gasteiger charge is -2.19. The Labute approximate surface area is 312 Å². The van der Waals surface area contributed by atoms with Crippen LogP contribution in [-0.2, 0) is 32.7 Å². The van der Waals surface area contributed by atoms with Gasteiger partial charge in [-0.1, -0.05) is 141 Å². The van der Waals surface area contributed by atoms with E-state index in [-0.39, 0.29) is 32.6 Å². The molecule has 0 fully saturated rings. The number of ether oxygens (including phenoxy) is 2. The second kappa shape index (κ2) is 38.2. The maximum absolute atomic E-state index is 12.5. The SMILES string of the molecule is CCCCCCCC/C=C\CCCCCCCC(=O)O[C@H](COC(=O)CCCCCCC/C=C/CCCCCCCC)COP(=O)(O)OCCN. The van der Waals surface area contributed by atoms with E-state index in [1.807, 2.05) is 0 Å². The van der Waals surface area contributed by atoms with Gasteiger partial charge in [-0.3, -0.25) is 18.6 Å². The van der Waals surface area contributed by atoms with E-state index < -0.39 is 32.5 Å². The number of esters is 2. The Morgan fingerprint density at radius 2 is 0.961 bits per heavy atom. The number of hydrogen-bond donors (Lipinski definition) is 2. The molecule has 0 aliphatic heterocycles. The quantitative estimate of drug-likeness (QED) is 0.0273. The number of phosphoric acid groups is 1. The summed E-state index contributed by atoms with van der Waals surface area (Å²) in [5, 5.41) is 0. The first-order valence-electron chi connectivity index (χ1n) is 20.8. The molecule has 0 radical (unpaired) electrons. The third-order valence-corrected chi connectivity index (χ3v) is 9.79. The third kappa shape index (κ3) is 38.0. The van der Waals surface area contributed by atoms with E-state index in [2.05, 4.69) is 38.2 Å². The zero-order chi connectivity index (χ0) is 37.5. The van der Waals surface area contributed by atoms with Gasteiger partial charge in [0, 0.05) is 19.4 Å². The molecule has 0 aliphatic carbocycles. The van der Waals surface area contributed by atoms with Crippen LogP contribution in [0.5, 0.6) is 0 Å². The van der Waals surface area contributed by atoms with Crippen molar-refractivity contribution in [1.29, 1.82) is 0 Å². The lowest BCUT2D eigenvalue weighted by molar-refractivity contribution is -0.161. The van der Waals surface area contributed by atoms with Gasteiger partial charge < -0.3 is 20.1 Å². The van der Waals surface area contributed by atoms with Crippen LogP contribution in [0, 0.1) is 0 Å². The van der Waals surface area contributed by atoms with Crippen molar-refractivity contribution in [2.24, 2.45) is 5.73 Å². The molecule has 0 aromatic heterocycles. The number of nitrogens with two attached hydrogens (primary N) is 1. The number of unbranched alkanes of at least 4 members (excludes halogenated alkanes) is 22. The van der Waals surface area contributed by atoms with E-state index >= 15 is 0 Å². The van der Waals surface area contributed by atoms with Gasteiger partial charge in [0.1, 0.15) is 6.61 Å². The maximum atomic E-state index is 12.5. The molecular formula is C41H78NO8P. The first-order chi connectivity index (χ1) is 24.8. The van der Waals surface area contributed by atoms with Crippen LogP contribution in [0.4, 0.5) is 0 Å². The van der Waals surface area contributed by atoms with E-state index in [1.54, 1.807) is 0 Å². The van der Waals surface area contributed by atoms with E-state index in [0.29, 0.717) is 6.42 Å². The van der Waals surface area contributed by atoms with Crippen LogP contribution >= 0.6 is 7.82 Å². The number of allylic oxidation sites excluding steroid dienone is 4. The first-order valence-corrected chi connectivity index (χ1v) is 22.3. The number of carbonyl (C=O) groups is 2. The lowest BCUT2D eigenvalue weighted by Crippen LogP contribution is -2.29.